The summed E-state index contributed by atoms with van der Waals surface area (Å²) in [5.41, 5.74) is 2.61. The molecule has 2 heterocycles. The number of rotatable bonds is 5. The maximum absolute atomic E-state index is 10.5. The molecule has 0 aliphatic carbocycles. The Morgan fingerprint density at radius 2 is 1.96 bits per heavy atom. The normalized spacial score (nSPS) is 18.3. The summed E-state index contributed by atoms with van der Waals surface area (Å²) < 4.78 is 17.7. The van der Waals surface area contributed by atoms with E-state index in [1.807, 2.05) is 61.5 Å². The number of ether oxygens (including phenoxy) is 3. The van der Waals surface area contributed by atoms with Gasteiger partial charge in [0.05, 0.1) is 18.2 Å². The van der Waals surface area contributed by atoms with Crippen LogP contribution in [0.3, 0.4) is 0 Å². The van der Waals surface area contributed by atoms with E-state index in [-0.39, 0.29) is 0 Å². The molecule has 0 saturated heterocycles. The van der Waals surface area contributed by atoms with Gasteiger partial charge in [-0.05, 0) is 36.8 Å². The third kappa shape index (κ3) is 4.04. The Morgan fingerprint density at radius 3 is 2.78 bits per heavy atom. The van der Waals surface area contributed by atoms with E-state index in [1.54, 1.807) is 12.3 Å². The van der Waals surface area contributed by atoms with E-state index in [1.165, 1.54) is 0 Å². The fourth-order valence-electron chi connectivity index (χ4n) is 3.03. The number of hydrogen-bond donors (Lipinski definition) is 1. The van der Waals surface area contributed by atoms with Crippen LogP contribution in [0.4, 0.5) is 0 Å². The highest BCUT2D eigenvalue weighted by molar-refractivity contribution is 5.43. The summed E-state index contributed by atoms with van der Waals surface area (Å²) in [6.45, 7) is 2.34. The van der Waals surface area contributed by atoms with E-state index in [9.17, 15) is 5.11 Å². The number of aryl methyl sites for hydroxylation is 1. The van der Waals surface area contributed by atoms with Crippen molar-refractivity contribution in [3.05, 3.63) is 83.7 Å². The Balaban J connectivity index is 1.48. The summed E-state index contributed by atoms with van der Waals surface area (Å²) in [6, 6.07) is 19.1. The molecule has 2 atom stereocenters. The lowest BCUT2D eigenvalue weighted by Gasteiger charge is -2.30. The lowest BCUT2D eigenvalue weighted by atomic mass is 10.0. The van der Waals surface area contributed by atoms with Crippen LogP contribution in [0, 0.1) is 6.92 Å². The fraction of sp³-hybridized carbons (Fsp3) is 0.227. The van der Waals surface area contributed by atoms with Crippen molar-refractivity contribution < 1.29 is 19.3 Å². The Morgan fingerprint density at radius 1 is 1.11 bits per heavy atom. The smallest absolute Gasteiger partial charge is 0.244 e. The molecule has 1 aliphatic heterocycles. The highest BCUT2D eigenvalue weighted by Gasteiger charge is 2.29. The van der Waals surface area contributed by atoms with Gasteiger partial charge in [-0.1, -0.05) is 30.3 Å². The molecule has 4 rings (SSSR count). The average Bonchev–Trinajstić information content (AvgIpc) is 2.69. The van der Waals surface area contributed by atoms with Crippen molar-refractivity contribution in [1.82, 2.24) is 4.98 Å². The minimum absolute atomic E-state index is 0.353. The molecule has 1 aliphatic rings. The van der Waals surface area contributed by atoms with Crippen LogP contribution < -0.4 is 14.2 Å². The fourth-order valence-corrected chi connectivity index (χ4v) is 3.03. The van der Waals surface area contributed by atoms with Gasteiger partial charge in [0.15, 0.2) is 0 Å². The summed E-state index contributed by atoms with van der Waals surface area (Å²) >= 11 is 0. The molecule has 0 saturated carbocycles. The van der Waals surface area contributed by atoms with E-state index in [2.05, 4.69) is 4.98 Å². The predicted octanol–water partition coefficient (Wildman–Crippen LogP) is 4.19. The summed E-state index contributed by atoms with van der Waals surface area (Å²) in [5, 5.41) is 10.5. The first-order valence-electron chi connectivity index (χ1n) is 8.93. The van der Waals surface area contributed by atoms with Gasteiger partial charge in [0, 0.05) is 17.8 Å². The number of fused-ring (bicyclic) bond motifs is 1. The molecule has 138 valence electrons. The van der Waals surface area contributed by atoms with Crippen molar-refractivity contribution >= 4 is 0 Å². The third-order valence-corrected chi connectivity index (χ3v) is 4.48. The number of pyridine rings is 1. The van der Waals surface area contributed by atoms with Crippen molar-refractivity contribution in [2.24, 2.45) is 0 Å². The molecule has 0 amide bonds. The molecule has 0 spiro atoms. The molecule has 1 aromatic heterocycles. The average molecular weight is 363 g/mol. The minimum Gasteiger partial charge on any atom is -0.489 e. The van der Waals surface area contributed by atoms with Gasteiger partial charge in [-0.2, -0.15) is 0 Å². The summed E-state index contributed by atoms with van der Waals surface area (Å²) in [6.07, 6.45) is 0.828. The molecule has 2 aromatic carbocycles. The highest BCUT2D eigenvalue weighted by Crippen LogP contribution is 2.38. The van der Waals surface area contributed by atoms with Crippen LogP contribution in [0.25, 0.3) is 0 Å². The van der Waals surface area contributed by atoms with Crippen molar-refractivity contribution in [2.75, 3.05) is 0 Å². The summed E-state index contributed by atoms with van der Waals surface area (Å²) in [7, 11) is 0. The predicted molar refractivity (Wildman–Crippen MR) is 101 cm³/mol. The molecule has 0 radical (unpaired) electrons. The molecule has 5 nitrogen and oxygen atoms in total. The van der Waals surface area contributed by atoms with Gasteiger partial charge < -0.3 is 19.3 Å². The van der Waals surface area contributed by atoms with Crippen molar-refractivity contribution in [2.45, 2.75) is 32.3 Å². The minimum atomic E-state index is -0.654. The maximum Gasteiger partial charge on any atom is 0.244 e. The number of nitrogens with zero attached hydrogens (tertiary/aromatic N) is 1. The van der Waals surface area contributed by atoms with Gasteiger partial charge in [0.1, 0.15) is 23.9 Å². The van der Waals surface area contributed by atoms with Gasteiger partial charge in [0.2, 0.25) is 6.29 Å². The molecule has 1 N–H and O–H groups in total. The molecule has 3 aromatic rings. The topological polar surface area (TPSA) is 60.8 Å². The van der Waals surface area contributed by atoms with E-state index in [4.69, 9.17) is 14.2 Å². The largest absolute Gasteiger partial charge is 0.489 e. The molecule has 0 fully saturated rings. The first kappa shape index (κ1) is 17.4. The third-order valence-electron chi connectivity index (χ3n) is 4.48. The zero-order valence-electron chi connectivity index (χ0n) is 15.0. The maximum atomic E-state index is 10.5. The zero-order valence-corrected chi connectivity index (χ0v) is 15.0. The first-order valence-corrected chi connectivity index (χ1v) is 8.93. The lowest BCUT2D eigenvalue weighted by molar-refractivity contribution is -0.0505. The van der Waals surface area contributed by atoms with Crippen LogP contribution in [0.2, 0.25) is 0 Å². The zero-order chi connectivity index (χ0) is 18.6. The molecule has 27 heavy (non-hydrogen) atoms. The van der Waals surface area contributed by atoms with E-state index >= 15 is 0 Å². The number of hydrogen-bond acceptors (Lipinski definition) is 5. The van der Waals surface area contributed by atoms with E-state index in [0.29, 0.717) is 30.3 Å². The first-order chi connectivity index (χ1) is 13.2. The van der Waals surface area contributed by atoms with Gasteiger partial charge in [-0.25, -0.2) is 0 Å². The molecule has 2 unspecified atom stereocenters. The van der Waals surface area contributed by atoms with Gasteiger partial charge in [-0.15, -0.1) is 0 Å². The number of aliphatic hydroxyl groups is 1. The number of aromatic nitrogens is 1. The Labute approximate surface area is 158 Å². The van der Waals surface area contributed by atoms with Crippen LogP contribution in [-0.4, -0.2) is 16.4 Å². The summed E-state index contributed by atoms with van der Waals surface area (Å²) in [5.74, 6) is 1.91. The summed E-state index contributed by atoms with van der Waals surface area (Å²) in [4.78, 5) is 4.21. The lowest BCUT2D eigenvalue weighted by Crippen LogP contribution is -2.31. The van der Waals surface area contributed by atoms with E-state index in [0.717, 1.165) is 16.8 Å². The van der Waals surface area contributed by atoms with Gasteiger partial charge in [-0.3, -0.25) is 4.98 Å². The van der Waals surface area contributed by atoms with Crippen molar-refractivity contribution in [3.8, 4) is 17.2 Å². The van der Waals surface area contributed by atoms with Crippen LogP contribution in [0.5, 0.6) is 17.2 Å². The second-order valence-electron chi connectivity index (χ2n) is 6.48. The second-order valence-corrected chi connectivity index (χ2v) is 6.48. The highest BCUT2D eigenvalue weighted by atomic mass is 16.7. The standard InChI is InChI=1S/C22H21NO4/c1-15-20(8-5-11-23-15)26-22-13-19(24)18-10-9-17(12-21(18)27-22)25-14-16-6-3-2-4-7-16/h2-12,19,22,24H,13-14H2,1H3. The molecular formula is C22H21NO4. The van der Waals surface area contributed by atoms with Crippen molar-refractivity contribution in [3.63, 3.8) is 0 Å². The van der Waals surface area contributed by atoms with Crippen LogP contribution in [-0.2, 0) is 6.61 Å². The van der Waals surface area contributed by atoms with Crippen molar-refractivity contribution in [1.29, 1.82) is 0 Å². The second kappa shape index (κ2) is 7.68. The van der Waals surface area contributed by atoms with Gasteiger partial charge >= 0.3 is 0 Å². The van der Waals surface area contributed by atoms with Crippen LogP contribution in [0.15, 0.2) is 66.9 Å². The quantitative estimate of drug-likeness (QED) is 0.736. The number of aliphatic hydroxyl groups excluding tert-OH is 1. The Kier molecular flexibility index (Phi) is 4.94. The Bertz CT molecular complexity index is 913. The SMILES string of the molecule is Cc1ncccc1OC1CC(O)c2ccc(OCc3ccccc3)cc2O1. The molecular weight excluding hydrogens is 342 g/mol. The van der Waals surface area contributed by atoms with Gasteiger partial charge in [0.25, 0.3) is 0 Å². The molecule has 0 bridgehead atoms. The van der Waals surface area contributed by atoms with E-state index < -0.39 is 12.4 Å². The molecule has 5 heteroatoms. The monoisotopic (exact) mass is 363 g/mol. The Hall–Kier alpha value is -3.05. The van der Waals surface area contributed by atoms with Crippen LogP contribution in [0.1, 0.15) is 29.3 Å². The number of benzene rings is 2. The van der Waals surface area contributed by atoms with Crippen LogP contribution >= 0.6 is 0 Å².